The van der Waals surface area contributed by atoms with Gasteiger partial charge in [-0.3, -0.25) is 0 Å². The van der Waals surface area contributed by atoms with E-state index in [1.165, 1.54) is 26.0 Å². The molecule has 3 aromatic rings. The van der Waals surface area contributed by atoms with Gasteiger partial charge >= 0.3 is 18.5 Å². The molecule has 37 heavy (non-hydrogen) atoms. The van der Waals surface area contributed by atoms with Crippen molar-refractivity contribution in [3.63, 3.8) is 0 Å². The zero-order valence-electron chi connectivity index (χ0n) is 18.9. The van der Waals surface area contributed by atoms with Crippen molar-refractivity contribution in [3.8, 4) is 0 Å². The number of fused-ring (bicyclic) bond motifs is 1. The highest BCUT2D eigenvalue weighted by Gasteiger charge is 2.40. The van der Waals surface area contributed by atoms with Gasteiger partial charge in [0.25, 0.3) is 0 Å². The SMILES string of the molecule is Cc1cc(Nc2nc3c(nc2Nc2cc(C)cc(C(F)(F)F)c2)N=C(C(F)(F)F)C3)cc(C(F)(F)F)c1. The van der Waals surface area contributed by atoms with Crippen molar-refractivity contribution in [1.29, 1.82) is 0 Å². The van der Waals surface area contributed by atoms with Crippen LogP contribution in [-0.2, 0) is 18.8 Å². The summed E-state index contributed by atoms with van der Waals surface area (Å²) in [5, 5.41) is 5.18. The molecule has 2 heterocycles. The second-order valence-corrected chi connectivity index (χ2v) is 8.35. The molecule has 0 fully saturated rings. The van der Waals surface area contributed by atoms with E-state index in [0.717, 1.165) is 24.3 Å². The number of hydrogen-bond acceptors (Lipinski definition) is 5. The fraction of sp³-hybridized carbons (Fsp3) is 0.261. The summed E-state index contributed by atoms with van der Waals surface area (Å²) in [7, 11) is 0. The van der Waals surface area contributed by atoms with E-state index in [-0.39, 0.29) is 39.8 Å². The Balaban J connectivity index is 1.80. The average Bonchev–Trinajstić information content (AvgIpc) is 3.15. The summed E-state index contributed by atoms with van der Waals surface area (Å²) in [4.78, 5) is 11.5. The normalized spacial score (nSPS) is 13.9. The van der Waals surface area contributed by atoms with Gasteiger partial charge < -0.3 is 10.6 Å². The van der Waals surface area contributed by atoms with Crippen LogP contribution in [0.1, 0.15) is 27.9 Å². The molecule has 1 aliphatic heterocycles. The zero-order chi connectivity index (χ0) is 27.3. The first-order valence-electron chi connectivity index (χ1n) is 10.5. The lowest BCUT2D eigenvalue weighted by Crippen LogP contribution is -2.22. The molecule has 0 unspecified atom stereocenters. The summed E-state index contributed by atoms with van der Waals surface area (Å²) in [6, 6.07) is 5.96. The van der Waals surface area contributed by atoms with E-state index in [9.17, 15) is 39.5 Å². The molecule has 14 heteroatoms. The van der Waals surface area contributed by atoms with Crippen molar-refractivity contribution in [2.75, 3.05) is 10.6 Å². The lowest BCUT2D eigenvalue weighted by atomic mass is 10.1. The average molecular weight is 533 g/mol. The first-order valence-corrected chi connectivity index (χ1v) is 10.5. The maximum atomic E-state index is 13.3. The van der Waals surface area contributed by atoms with Crippen LogP contribution in [-0.4, -0.2) is 21.9 Å². The zero-order valence-corrected chi connectivity index (χ0v) is 18.9. The number of alkyl halides is 9. The molecule has 196 valence electrons. The highest BCUT2D eigenvalue weighted by molar-refractivity contribution is 5.97. The van der Waals surface area contributed by atoms with Crippen molar-refractivity contribution >= 4 is 34.5 Å². The summed E-state index contributed by atoms with van der Waals surface area (Å²) in [5.74, 6) is -1.05. The molecule has 5 nitrogen and oxygen atoms in total. The maximum absolute atomic E-state index is 13.3. The van der Waals surface area contributed by atoms with E-state index in [1.807, 2.05) is 0 Å². The number of aliphatic imine (C=N–C) groups is 1. The second-order valence-electron chi connectivity index (χ2n) is 8.35. The summed E-state index contributed by atoms with van der Waals surface area (Å²) in [5.41, 5.74) is -3.18. The number of nitrogens with one attached hydrogen (secondary N) is 2. The van der Waals surface area contributed by atoms with Crippen molar-refractivity contribution in [2.45, 2.75) is 38.8 Å². The standard InChI is InChI=1S/C23H16F9N5/c1-10-3-12(21(24,25)26)7-14(5-10)33-19-20(34-15-6-11(2)4-13(8-15)22(27,28)29)37-18-16(35-19)9-17(36-18)23(30,31)32/h3-8H,9H2,1-2H3,(H,33,35)(H,34,37). The van der Waals surface area contributed by atoms with E-state index in [2.05, 4.69) is 25.6 Å². The van der Waals surface area contributed by atoms with Gasteiger partial charge in [0.2, 0.25) is 0 Å². The first kappa shape index (κ1) is 26.2. The third-order valence-corrected chi connectivity index (χ3v) is 5.18. The van der Waals surface area contributed by atoms with Crippen molar-refractivity contribution in [3.05, 3.63) is 64.3 Å². The summed E-state index contributed by atoms with van der Waals surface area (Å²) < 4.78 is 119. The Morgan fingerprint density at radius 1 is 0.622 bits per heavy atom. The maximum Gasteiger partial charge on any atom is 0.429 e. The van der Waals surface area contributed by atoms with Gasteiger partial charge in [0.1, 0.15) is 5.71 Å². The van der Waals surface area contributed by atoms with Crippen LogP contribution in [0.15, 0.2) is 41.4 Å². The minimum atomic E-state index is -4.78. The van der Waals surface area contributed by atoms with Crippen LogP contribution in [0.4, 0.5) is 68.3 Å². The molecular weight excluding hydrogens is 517 g/mol. The topological polar surface area (TPSA) is 62.2 Å². The van der Waals surface area contributed by atoms with Crippen LogP contribution in [0.3, 0.4) is 0 Å². The van der Waals surface area contributed by atoms with Gasteiger partial charge in [-0.1, -0.05) is 0 Å². The number of benzene rings is 2. The second kappa shape index (κ2) is 8.92. The number of halogens is 9. The summed E-state index contributed by atoms with van der Waals surface area (Å²) in [6.45, 7) is 2.81. The van der Waals surface area contributed by atoms with E-state index >= 15 is 0 Å². The molecule has 0 spiro atoms. The molecular formula is C23H16F9N5. The van der Waals surface area contributed by atoms with Crippen molar-refractivity contribution < 1.29 is 39.5 Å². The molecule has 4 rings (SSSR count). The number of anilines is 4. The lowest BCUT2D eigenvalue weighted by Gasteiger charge is -2.17. The van der Waals surface area contributed by atoms with E-state index < -0.39 is 47.6 Å². The Bertz CT molecular complexity index is 1390. The third-order valence-electron chi connectivity index (χ3n) is 5.18. The van der Waals surface area contributed by atoms with E-state index in [1.54, 1.807) is 0 Å². The quantitative estimate of drug-likeness (QED) is 0.336. The van der Waals surface area contributed by atoms with Gasteiger partial charge in [-0.25, -0.2) is 15.0 Å². The predicted molar refractivity (Wildman–Crippen MR) is 118 cm³/mol. The molecule has 0 amide bonds. The third kappa shape index (κ3) is 5.94. The molecule has 2 N–H and O–H groups in total. The van der Waals surface area contributed by atoms with Crippen LogP contribution in [0.25, 0.3) is 0 Å². The number of aromatic nitrogens is 2. The molecule has 0 atom stereocenters. The highest BCUT2D eigenvalue weighted by Crippen LogP contribution is 2.38. The molecule has 1 aliphatic rings. The van der Waals surface area contributed by atoms with Crippen LogP contribution < -0.4 is 10.6 Å². The van der Waals surface area contributed by atoms with Gasteiger partial charge in [0.05, 0.1) is 16.8 Å². The Morgan fingerprint density at radius 3 is 1.51 bits per heavy atom. The van der Waals surface area contributed by atoms with E-state index in [4.69, 9.17) is 0 Å². The monoisotopic (exact) mass is 533 g/mol. The molecule has 0 saturated heterocycles. The Hall–Kier alpha value is -3.84. The van der Waals surface area contributed by atoms with Gasteiger partial charge in [0, 0.05) is 17.8 Å². The van der Waals surface area contributed by atoms with Crippen LogP contribution >= 0.6 is 0 Å². The molecule has 0 aliphatic carbocycles. The van der Waals surface area contributed by atoms with Gasteiger partial charge in [-0.15, -0.1) is 0 Å². The Labute approximate surface area is 203 Å². The van der Waals surface area contributed by atoms with Crippen LogP contribution in [0, 0.1) is 13.8 Å². The molecule has 0 radical (unpaired) electrons. The fourth-order valence-corrected chi connectivity index (χ4v) is 3.64. The Morgan fingerprint density at radius 2 is 1.08 bits per heavy atom. The number of nitrogens with zero attached hydrogens (tertiary/aromatic N) is 3. The minimum absolute atomic E-state index is 0.111. The molecule has 2 aromatic carbocycles. The fourth-order valence-electron chi connectivity index (χ4n) is 3.64. The molecule has 0 saturated carbocycles. The van der Waals surface area contributed by atoms with Gasteiger partial charge in [-0.05, 0) is 61.4 Å². The first-order chi connectivity index (χ1) is 17.0. The number of hydrogen-bond donors (Lipinski definition) is 2. The highest BCUT2D eigenvalue weighted by atomic mass is 19.4. The number of aryl methyl sites for hydroxylation is 2. The minimum Gasteiger partial charge on any atom is -0.337 e. The van der Waals surface area contributed by atoms with Gasteiger partial charge in [0.15, 0.2) is 17.5 Å². The van der Waals surface area contributed by atoms with Crippen LogP contribution in [0.2, 0.25) is 0 Å². The van der Waals surface area contributed by atoms with E-state index in [0.29, 0.717) is 0 Å². The predicted octanol–water partition coefficient (Wildman–Crippen LogP) is 7.81. The molecule has 0 bridgehead atoms. The largest absolute Gasteiger partial charge is 0.429 e. The summed E-state index contributed by atoms with van der Waals surface area (Å²) in [6.07, 6.45) is -14.9. The van der Waals surface area contributed by atoms with Crippen molar-refractivity contribution in [2.24, 2.45) is 4.99 Å². The van der Waals surface area contributed by atoms with Gasteiger partial charge in [-0.2, -0.15) is 39.5 Å². The molecule has 1 aromatic heterocycles. The smallest absolute Gasteiger partial charge is 0.337 e. The van der Waals surface area contributed by atoms with Crippen LogP contribution in [0.5, 0.6) is 0 Å². The Kier molecular flexibility index (Phi) is 6.32. The van der Waals surface area contributed by atoms with Crippen molar-refractivity contribution in [1.82, 2.24) is 9.97 Å². The number of rotatable bonds is 4. The lowest BCUT2D eigenvalue weighted by molar-refractivity contribution is -0.138. The summed E-state index contributed by atoms with van der Waals surface area (Å²) >= 11 is 0.